The lowest BCUT2D eigenvalue weighted by molar-refractivity contribution is 0.0895. The van der Waals surface area contributed by atoms with Crippen LogP contribution >= 0.6 is 0 Å². The minimum atomic E-state index is 0.202. The van der Waals surface area contributed by atoms with Gasteiger partial charge in [0, 0.05) is 31.3 Å². The van der Waals surface area contributed by atoms with E-state index in [1.807, 2.05) is 43.3 Å². The van der Waals surface area contributed by atoms with Crippen molar-refractivity contribution in [3.63, 3.8) is 0 Å². The summed E-state index contributed by atoms with van der Waals surface area (Å²) in [6, 6.07) is 7.91. The molecule has 0 radical (unpaired) electrons. The van der Waals surface area contributed by atoms with Gasteiger partial charge in [-0.25, -0.2) is 0 Å². The van der Waals surface area contributed by atoms with Crippen molar-refractivity contribution in [2.24, 2.45) is 5.92 Å². The molecule has 1 aliphatic rings. The summed E-state index contributed by atoms with van der Waals surface area (Å²) in [5.74, 6) is 0.504. The molecule has 92 valence electrons. The van der Waals surface area contributed by atoms with Crippen molar-refractivity contribution in [2.45, 2.75) is 12.8 Å². The van der Waals surface area contributed by atoms with Gasteiger partial charge < -0.3 is 10.2 Å². The summed E-state index contributed by atoms with van der Waals surface area (Å²) in [5, 5.41) is 3.29. The Labute approximate surface area is 103 Å². The number of hydrogen-bond donors (Lipinski definition) is 1. The Morgan fingerprint density at radius 3 is 2.65 bits per heavy atom. The summed E-state index contributed by atoms with van der Waals surface area (Å²) >= 11 is 0. The summed E-state index contributed by atoms with van der Waals surface area (Å²) in [6.07, 6.45) is 1.93. The molecule has 0 unspecified atom stereocenters. The topological polar surface area (TPSA) is 32.3 Å². The van der Waals surface area contributed by atoms with E-state index in [1.54, 1.807) is 0 Å². The molecule has 0 spiro atoms. The molecular weight excluding hydrogens is 212 g/mol. The molecule has 1 heterocycles. The summed E-state index contributed by atoms with van der Waals surface area (Å²) in [7, 11) is 3.99. The zero-order valence-corrected chi connectivity index (χ0v) is 10.6. The van der Waals surface area contributed by atoms with E-state index in [9.17, 15) is 4.79 Å². The van der Waals surface area contributed by atoms with Crippen LogP contribution in [0.4, 0.5) is 5.69 Å². The molecule has 1 aliphatic heterocycles. The smallest absolute Gasteiger partial charge is 0.166 e. The van der Waals surface area contributed by atoms with E-state index in [-0.39, 0.29) is 5.92 Å². The molecule has 1 aromatic rings. The molecule has 1 aromatic carbocycles. The Balaban J connectivity index is 2.15. The van der Waals surface area contributed by atoms with Crippen molar-refractivity contribution in [3.05, 3.63) is 29.8 Å². The van der Waals surface area contributed by atoms with E-state index in [0.717, 1.165) is 37.2 Å². The van der Waals surface area contributed by atoms with Crippen LogP contribution in [0.15, 0.2) is 24.3 Å². The number of carbonyl (C=O) groups is 1. The highest BCUT2D eigenvalue weighted by Gasteiger charge is 2.22. The van der Waals surface area contributed by atoms with E-state index >= 15 is 0 Å². The van der Waals surface area contributed by atoms with Gasteiger partial charge in [0.2, 0.25) is 0 Å². The minimum absolute atomic E-state index is 0.202. The molecule has 1 fully saturated rings. The molecule has 1 saturated heterocycles. The van der Waals surface area contributed by atoms with E-state index in [0.29, 0.717) is 5.78 Å². The second-order valence-electron chi connectivity index (χ2n) is 4.83. The summed E-state index contributed by atoms with van der Waals surface area (Å²) < 4.78 is 0. The van der Waals surface area contributed by atoms with Gasteiger partial charge in [-0.3, -0.25) is 4.79 Å². The van der Waals surface area contributed by atoms with Crippen LogP contribution in [0.2, 0.25) is 0 Å². The lowest BCUT2D eigenvalue weighted by atomic mass is 9.89. The van der Waals surface area contributed by atoms with Gasteiger partial charge in [-0.2, -0.15) is 0 Å². The molecule has 17 heavy (non-hydrogen) atoms. The van der Waals surface area contributed by atoms with Gasteiger partial charge in [0.15, 0.2) is 5.78 Å². The number of piperidine rings is 1. The first-order chi connectivity index (χ1) is 8.18. The van der Waals surface area contributed by atoms with Gasteiger partial charge in [-0.1, -0.05) is 12.1 Å². The molecule has 0 bridgehead atoms. The molecular formula is C14H20N2O. The predicted molar refractivity (Wildman–Crippen MR) is 70.7 cm³/mol. The normalized spacial score (nSPS) is 16.8. The average Bonchev–Trinajstić information content (AvgIpc) is 2.39. The van der Waals surface area contributed by atoms with Crippen molar-refractivity contribution >= 4 is 11.5 Å². The molecule has 3 heteroatoms. The maximum atomic E-state index is 12.3. The molecule has 0 aliphatic carbocycles. The fraction of sp³-hybridized carbons (Fsp3) is 0.500. The largest absolute Gasteiger partial charge is 0.378 e. The number of nitrogens with zero attached hydrogens (tertiary/aromatic N) is 1. The fourth-order valence-electron chi connectivity index (χ4n) is 2.26. The number of nitrogens with one attached hydrogen (secondary N) is 1. The number of Topliss-reactive ketones (excluding diaryl/α,β-unsaturated/α-hetero) is 1. The highest BCUT2D eigenvalue weighted by molar-refractivity contribution is 5.98. The van der Waals surface area contributed by atoms with Gasteiger partial charge in [0.05, 0.1) is 0 Å². The average molecular weight is 232 g/mol. The van der Waals surface area contributed by atoms with Crippen LogP contribution in [0, 0.1) is 5.92 Å². The molecule has 0 atom stereocenters. The quantitative estimate of drug-likeness (QED) is 0.808. The van der Waals surface area contributed by atoms with Crippen molar-refractivity contribution in [1.82, 2.24) is 5.32 Å². The predicted octanol–water partition coefficient (Wildman–Crippen LogP) is 1.93. The number of hydrogen-bond acceptors (Lipinski definition) is 3. The summed E-state index contributed by atoms with van der Waals surface area (Å²) in [6.45, 7) is 1.92. The van der Waals surface area contributed by atoms with Crippen LogP contribution in [0.1, 0.15) is 23.2 Å². The third-order valence-electron chi connectivity index (χ3n) is 3.36. The zero-order valence-electron chi connectivity index (χ0n) is 10.6. The van der Waals surface area contributed by atoms with E-state index < -0.39 is 0 Å². The van der Waals surface area contributed by atoms with Crippen LogP contribution in [0.3, 0.4) is 0 Å². The summed E-state index contributed by atoms with van der Waals surface area (Å²) in [4.78, 5) is 14.4. The molecule has 1 N–H and O–H groups in total. The van der Waals surface area contributed by atoms with E-state index in [2.05, 4.69) is 5.32 Å². The van der Waals surface area contributed by atoms with Crippen LogP contribution in [-0.2, 0) is 0 Å². The van der Waals surface area contributed by atoms with E-state index in [4.69, 9.17) is 0 Å². The number of anilines is 1. The number of ketones is 1. The minimum Gasteiger partial charge on any atom is -0.378 e. The summed E-state index contributed by atoms with van der Waals surface area (Å²) in [5.41, 5.74) is 1.94. The van der Waals surface area contributed by atoms with Gasteiger partial charge in [-0.05, 0) is 38.1 Å². The first-order valence-electron chi connectivity index (χ1n) is 6.21. The van der Waals surface area contributed by atoms with Gasteiger partial charge >= 0.3 is 0 Å². The molecule has 0 amide bonds. The van der Waals surface area contributed by atoms with Crippen molar-refractivity contribution in [3.8, 4) is 0 Å². The SMILES string of the molecule is CN(C)c1cccc(C(=O)C2CCNCC2)c1. The maximum absolute atomic E-state index is 12.3. The van der Waals surface area contributed by atoms with Crippen molar-refractivity contribution in [1.29, 1.82) is 0 Å². The first-order valence-corrected chi connectivity index (χ1v) is 6.21. The van der Waals surface area contributed by atoms with Crippen molar-refractivity contribution < 1.29 is 4.79 Å². The van der Waals surface area contributed by atoms with Crippen LogP contribution in [0.25, 0.3) is 0 Å². The second-order valence-corrected chi connectivity index (χ2v) is 4.83. The highest BCUT2D eigenvalue weighted by Crippen LogP contribution is 2.21. The second kappa shape index (κ2) is 5.32. The lowest BCUT2D eigenvalue weighted by Gasteiger charge is -2.22. The van der Waals surface area contributed by atoms with Crippen molar-refractivity contribution in [2.75, 3.05) is 32.1 Å². The van der Waals surface area contributed by atoms with Crippen LogP contribution < -0.4 is 10.2 Å². The Bertz CT molecular complexity index is 395. The third-order valence-corrected chi connectivity index (χ3v) is 3.36. The molecule has 0 saturated carbocycles. The first kappa shape index (κ1) is 12.1. The highest BCUT2D eigenvalue weighted by atomic mass is 16.1. The maximum Gasteiger partial charge on any atom is 0.166 e. The Morgan fingerprint density at radius 2 is 2.00 bits per heavy atom. The molecule has 3 nitrogen and oxygen atoms in total. The van der Waals surface area contributed by atoms with Gasteiger partial charge in [-0.15, -0.1) is 0 Å². The zero-order chi connectivity index (χ0) is 12.3. The van der Waals surface area contributed by atoms with Gasteiger partial charge in [0.25, 0.3) is 0 Å². The Kier molecular flexibility index (Phi) is 3.79. The number of carbonyl (C=O) groups excluding carboxylic acids is 1. The third kappa shape index (κ3) is 2.86. The van der Waals surface area contributed by atoms with Crippen LogP contribution in [-0.4, -0.2) is 33.0 Å². The number of benzene rings is 1. The Morgan fingerprint density at radius 1 is 1.29 bits per heavy atom. The van der Waals surface area contributed by atoms with Gasteiger partial charge in [0.1, 0.15) is 0 Å². The standard InChI is InChI=1S/C14H20N2O/c1-16(2)13-5-3-4-12(10-13)14(17)11-6-8-15-9-7-11/h3-5,10-11,15H,6-9H2,1-2H3. The number of rotatable bonds is 3. The Hall–Kier alpha value is -1.35. The lowest BCUT2D eigenvalue weighted by Crippen LogP contribution is -2.31. The van der Waals surface area contributed by atoms with Crippen LogP contribution in [0.5, 0.6) is 0 Å². The monoisotopic (exact) mass is 232 g/mol. The molecule has 0 aromatic heterocycles. The molecule has 2 rings (SSSR count). The van der Waals surface area contributed by atoms with E-state index in [1.165, 1.54) is 0 Å². The fourth-order valence-corrected chi connectivity index (χ4v) is 2.26.